The summed E-state index contributed by atoms with van der Waals surface area (Å²) in [6.45, 7) is 0. The number of carbonyl (C=O) groups excluding carboxylic acids is 2. The minimum Gasteiger partial charge on any atom is -0.763 e. The number of nitrogens with zero attached hydrogens (tertiary/aromatic N) is 1. The third kappa shape index (κ3) is 3.32. The maximum atomic E-state index is 12.0. The van der Waals surface area contributed by atoms with Crippen molar-refractivity contribution in [3.05, 3.63) is 44.8 Å². The molecule has 1 aromatic rings. The number of rotatable bonds is 5. The van der Waals surface area contributed by atoms with Crippen LogP contribution in [-0.2, 0) is 16.0 Å². The molecule has 0 bridgehead atoms. The van der Waals surface area contributed by atoms with E-state index in [2.05, 4.69) is 0 Å². The molecule has 2 rings (SSSR count). The molecule has 1 fully saturated rings. The third-order valence-corrected chi connectivity index (χ3v) is 3.54. The van der Waals surface area contributed by atoms with Gasteiger partial charge in [0.25, 0.3) is 0 Å². The Morgan fingerprint density at radius 2 is 2.00 bits per heavy atom. The van der Waals surface area contributed by atoms with Crippen LogP contribution >= 0.6 is 23.2 Å². The van der Waals surface area contributed by atoms with Gasteiger partial charge in [-0.1, -0.05) is 29.3 Å². The molecule has 1 aromatic carbocycles. The van der Waals surface area contributed by atoms with E-state index in [1.165, 1.54) is 6.07 Å². The summed E-state index contributed by atoms with van der Waals surface area (Å²) in [4.78, 5) is 23.8. The number of hydrogen-bond donors (Lipinski definition) is 0. The molecule has 0 spiro atoms. The Labute approximate surface area is 120 Å². The SMILES string of the molecule is [N-]=C=C(C(=O)Cc1ccc(Cl)cc1Cl)C(=O)C1CC1. The molecule has 3 nitrogen and oxygen atoms in total. The molecule has 0 amide bonds. The molecule has 0 radical (unpaired) electrons. The van der Waals surface area contributed by atoms with Crippen LogP contribution in [0, 0.1) is 5.92 Å². The Hall–Kier alpha value is -1.41. The van der Waals surface area contributed by atoms with Gasteiger partial charge < -0.3 is 5.41 Å². The third-order valence-electron chi connectivity index (χ3n) is 2.95. The topological polar surface area (TPSA) is 56.4 Å². The first-order valence-electron chi connectivity index (χ1n) is 5.81. The molecule has 0 saturated heterocycles. The quantitative estimate of drug-likeness (QED) is 0.362. The van der Waals surface area contributed by atoms with Crippen molar-refractivity contribution in [2.45, 2.75) is 19.3 Å². The highest BCUT2D eigenvalue weighted by atomic mass is 35.5. The first-order chi connectivity index (χ1) is 9.02. The number of Topliss-reactive ketones (excluding diaryl/α,β-unsaturated/α-hetero) is 2. The minimum absolute atomic E-state index is 0.0582. The van der Waals surface area contributed by atoms with Crippen LogP contribution in [0.25, 0.3) is 5.41 Å². The average Bonchev–Trinajstić information content (AvgIpc) is 3.17. The summed E-state index contributed by atoms with van der Waals surface area (Å²) in [5.41, 5.74) is 0.293. The van der Waals surface area contributed by atoms with Crippen LogP contribution in [0.2, 0.25) is 10.0 Å². The van der Waals surface area contributed by atoms with Crippen LogP contribution in [0.4, 0.5) is 0 Å². The number of allylic oxidation sites excluding steroid dienone is 1. The molecule has 0 N–H and O–H groups in total. The smallest absolute Gasteiger partial charge is 0.176 e. The maximum Gasteiger partial charge on any atom is 0.176 e. The molecule has 1 aliphatic carbocycles. The first kappa shape index (κ1) is 14.0. The molecule has 1 saturated carbocycles. The summed E-state index contributed by atoms with van der Waals surface area (Å²) in [6.07, 6.45) is 1.47. The van der Waals surface area contributed by atoms with Gasteiger partial charge in [-0.05, 0) is 30.5 Å². The molecule has 0 heterocycles. The van der Waals surface area contributed by atoms with Gasteiger partial charge in [0.1, 0.15) is 0 Å². The van der Waals surface area contributed by atoms with Gasteiger partial charge in [0.15, 0.2) is 11.6 Å². The standard InChI is InChI=1S/C14H10Cl2NO2/c15-10-4-3-9(12(16)6-10)5-13(18)11(7-17)14(19)8-1-2-8/h3-4,6,8H,1-2,5H2/q-1. The Bertz CT molecular complexity index is 599. The number of carbonyl (C=O) groups is 2. The second-order valence-electron chi connectivity index (χ2n) is 4.46. The van der Waals surface area contributed by atoms with E-state index in [0.717, 1.165) is 12.8 Å². The first-order valence-corrected chi connectivity index (χ1v) is 6.57. The highest BCUT2D eigenvalue weighted by Crippen LogP contribution is 2.32. The number of benzene rings is 1. The summed E-state index contributed by atoms with van der Waals surface area (Å²) in [6, 6.07) is 4.77. The van der Waals surface area contributed by atoms with Crippen molar-refractivity contribution in [2.24, 2.45) is 5.92 Å². The fraction of sp³-hybridized carbons (Fsp3) is 0.286. The second-order valence-corrected chi connectivity index (χ2v) is 5.30. The average molecular weight is 295 g/mol. The fourth-order valence-electron chi connectivity index (χ4n) is 1.73. The summed E-state index contributed by atoms with van der Waals surface area (Å²) in [5, 5.41) is 9.78. The molecule has 19 heavy (non-hydrogen) atoms. The molecular weight excluding hydrogens is 285 g/mol. The van der Waals surface area contributed by atoms with E-state index in [0.29, 0.717) is 15.6 Å². The van der Waals surface area contributed by atoms with E-state index >= 15 is 0 Å². The van der Waals surface area contributed by atoms with Crippen molar-refractivity contribution in [1.82, 2.24) is 0 Å². The minimum atomic E-state index is -0.483. The zero-order valence-electron chi connectivity index (χ0n) is 9.95. The molecule has 0 aliphatic heterocycles. The van der Waals surface area contributed by atoms with Crippen molar-refractivity contribution >= 4 is 40.6 Å². The van der Waals surface area contributed by atoms with Gasteiger partial charge in [-0.3, -0.25) is 15.5 Å². The molecule has 98 valence electrons. The highest BCUT2D eigenvalue weighted by molar-refractivity contribution is 6.35. The lowest BCUT2D eigenvalue weighted by Crippen LogP contribution is -2.17. The molecule has 0 unspecified atom stereocenters. The lowest BCUT2D eigenvalue weighted by atomic mass is 9.99. The number of halogens is 2. The van der Waals surface area contributed by atoms with Crippen molar-refractivity contribution < 1.29 is 9.59 Å². The van der Waals surface area contributed by atoms with Crippen LogP contribution in [0.15, 0.2) is 23.8 Å². The normalized spacial score (nSPS) is 13.8. The zero-order valence-corrected chi connectivity index (χ0v) is 11.5. The van der Waals surface area contributed by atoms with Gasteiger partial charge >= 0.3 is 0 Å². The van der Waals surface area contributed by atoms with Crippen LogP contribution in [-0.4, -0.2) is 17.4 Å². The van der Waals surface area contributed by atoms with Gasteiger partial charge in [0, 0.05) is 22.4 Å². The molecule has 1 aliphatic rings. The van der Waals surface area contributed by atoms with Gasteiger partial charge in [-0.2, -0.15) is 0 Å². The molecule has 5 heteroatoms. The molecular formula is C14H10Cl2NO2-. The van der Waals surface area contributed by atoms with Crippen LogP contribution in [0.5, 0.6) is 0 Å². The predicted octanol–water partition coefficient (Wildman–Crippen LogP) is 3.25. The zero-order chi connectivity index (χ0) is 14.0. The monoisotopic (exact) mass is 294 g/mol. The lowest BCUT2D eigenvalue weighted by molar-refractivity contribution is -0.121. The van der Waals surface area contributed by atoms with E-state index in [1.54, 1.807) is 18.0 Å². The van der Waals surface area contributed by atoms with Crippen molar-refractivity contribution in [3.63, 3.8) is 0 Å². The van der Waals surface area contributed by atoms with Crippen LogP contribution in [0.3, 0.4) is 0 Å². The summed E-state index contributed by atoms with van der Waals surface area (Å²) < 4.78 is 0. The van der Waals surface area contributed by atoms with Crippen LogP contribution in [0.1, 0.15) is 18.4 Å². The Morgan fingerprint density at radius 3 is 2.53 bits per heavy atom. The fourth-order valence-corrected chi connectivity index (χ4v) is 2.21. The van der Waals surface area contributed by atoms with E-state index in [-0.39, 0.29) is 23.7 Å². The van der Waals surface area contributed by atoms with E-state index < -0.39 is 5.78 Å². The van der Waals surface area contributed by atoms with Crippen LogP contribution < -0.4 is 0 Å². The summed E-state index contributed by atoms with van der Waals surface area (Å²) in [5.74, 6) is 0.765. The van der Waals surface area contributed by atoms with E-state index in [9.17, 15) is 9.59 Å². The largest absolute Gasteiger partial charge is 0.763 e. The predicted molar refractivity (Wildman–Crippen MR) is 74.8 cm³/mol. The number of hydrogen-bond acceptors (Lipinski definition) is 2. The maximum absolute atomic E-state index is 12.0. The van der Waals surface area contributed by atoms with Gasteiger partial charge in [0.05, 0.1) is 5.57 Å². The van der Waals surface area contributed by atoms with Gasteiger partial charge in [-0.15, -0.1) is 0 Å². The van der Waals surface area contributed by atoms with Gasteiger partial charge in [0.2, 0.25) is 0 Å². The Balaban J connectivity index is 2.15. The second kappa shape index (κ2) is 5.70. The molecule has 0 aromatic heterocycles. The number of ketones is 2. The van der Waals surface area contributed by atoms with Crippen molar-refractivity contribution in [1.29, 1.82) is 0 Å². The van der Waals surface area contributed by atoms with E-state index in [4.69, 9.17) is 28.6 Å². The lowest BCUT2D eigenvalue weighted by Gasteiger charge is -2.06. The van der Waals surface area contributed by atoms with Crippen molar-refractivity contribution in [3.8, 4) is 0 Å². The Morgan fingerprint density at radius 1 is 1.32 bits per heavy atom. The summed E-state index contributed by atoms with van der Waals surface area (Å²) >= 11 is 11.7. The van der Waals surface area contributed by atoms with Gasteiger partial charge in [-0.25, -0.2) is 0 Å². The molecule has 0 atom stereocenters. The summed E-state index contributed by atoms with van der Waals surface area (Å²) in [7, 11) is 0. The Kier molecular flexibility index (Phi) is 4.20. The van der Waals surface area contributed by atoms with E-state index in [1.807, 2.05) is 0 Å². The highest BCUT2D eigenvalue weighted by Gasteiger charge is 2.33. The van der Waals surface area contributed by atoms with Crippen molar-refractivity contribution in [2.75, 3.05) is 0 Å².